The van der Waals surface area contributed by atoms with Crippen LogP contribution in [0.5, 0.6) is 0 Å². The Bertz CT molecular complexity index is 604. The molecular weight excluding hydrogens is 254 g/mol. The molecule has 3 nitrogen and oxygen atoms in total. The Balaban J connectivity index is 2.66. The zero-order valence-electron chi connectivity index (χ0n) is 7.90. The number of hydrogen-bond donors (Lipinski definition) is 0. The summed E-state index contributed by atoms with van der Waals surface area (Å²) in [6.07, 6.45) is 0.850. The molecule has 0 radical (unpaired) electrons. The van der Waals surface area contributed by atoms with E-state index in [4.69, 9.17) is 10.7 Å². The maximum atomic E-state index is 11.1. The lowest BCUT2D eigenvalue weighted by atomic mass is 10.3. The fourth-order valence-corrected chi connectivity index (χ4v) is 3.05. The molecule has 0 aliphatic rings. The third kappa shape index (κ3) is 2.14. The lowest BCUT2D eigenvalue weighted by Gasteiger charge is -1.94. The molecule has 0 fully saturated rings. The van der Waals surface area contributed by atoms with E-state index in [2.05, 4.69) is 4.98 Å². The molecule has 1 aromatic carbocycles. The molecular formula is C9H8ClNO2S2. The first kappa shape index (κ1) is 10.9. The number of fused-ring (bicyclic) bond motifs is 1. The van der Waals surface area contributed by atoms with Crippen molar-refractivity contribution in [1.29, 1.82) is 0 Å². The van der Waals surface area contributed by atoms with Gasteiger partial charge in [-0.15, -0.1) is 11.3 Å². The number of thiazole rings is 1. The second-order valence-corrected chi connectivity index (χ2v) is 6.71. The van der Waals surface area contributed by atoms with Gasteiger partial charge in [0.15, 0.2) is 0 Å². The van der Waals surface area contributed by atoms with Gasteiger partial charge >= 0.3 is 0 Å². The molecule has 0 aliphatic carbocycles. The van der Waals surface area contributed by atoms with E-state index in [0.29, 0.717) is 0 Å². The van der Waals surface area contributed by atoms with Gasteiger partial charge in [0.25, 0.3) is 9.05 Å². The van der Waals surface area contributed by atoms with Crippen LogP contribution in [-0.2, 0) is 15.5 Å². The quantitative estimate of drug-likeness (QED) is 0.781. The topological polar surface area (TPSA) is 47.0 Å². The van der Waals surface area contributed by atoms with E-state index in [1.165, 1.54) is 17.4 Å². The largest absolute Gasteiger partial charge is 0.261 e. The molecule has 15 heavy (non-hydrogen) atoms. The summed E-state index contributed by atoms with van der Waals surface area (Å²) < 4.78 is 23.1. The van der Waals surface area contributed by atoms with E-state index >= 15 is 0 Å². The second kappa shape index (κ2) is 3.73. The van der Waals surface area contributed by atoms with Crippen LogP contribution in [0.2, 0.25) is 0 Å². The maximum absolute atomic E-state index is 11.1. The number of aromatic nitrogens is 1. The Hall–Kier alpha value is -0.650. The van der Waals surface area contributed by atoms with E-state index < -0.39 is 9.05 Å². The van der Waals surface area contributed by atoms with Crippen LogP contribution in [0.3, 0.4) is 0 Å². The highest BCUT2D eigenvalue weighted by atomic mass is 35.7. The number of aryl methyl sites for hydroxylation is 1. The van der Waals surface area contributed by atoms with E-state index in [-0.39, 0.29) is 4.90 Å². The molecule has 0 saturated heterocycles. The van der Waals surface area contributed by atoms with Crippen LogP contribution in [0.4, 0.5) is 0 Å². The molecule has 2 rings (SSSR count). The average Bonchev–Trinajstić information content (AvgIpc) is 2.57. The van der Waals surface area contributed by atoms with Crippen LogP contribution < -0.4 is 0 Å². The molecule has 2 aromatic rings. The lowest BCUT2D eigenvalue weighted by molar-refractivity contribution is 0.609. The molecule has 0 amide bonds. The molecule has 6 heteroatoms. The van der Waals surface area contributed by atoms with Gasteiger partial charge in [-0.25, -0.2) is 13.4 Å². The van der Waals surface area contributed by atoms with Gasteiger partial charge < -0.3 is 0 Å². The first-order chi connectivity index (χ1) is 7.00. The van der Waals surface area contributed by atoms with Gasteiger partial charge in [0.05, 0.1) is 20.1 Å². The van der Waals surface area contributed by atoms with Gasteiger partial charge in [-0.2, -0.15) is 0 Å². The summed E-state index contributed by atoms with van der Waals surface area (Å²) in [5, 5.41) is 0.995. The first-order valence-electron chi connectivity index (χ1n) is 4.35. The van der Waals surface area contributed by atoms with Crippen LogP contribution >= 0.6 is 22.0 Å². The van der Waals surface area contributed by atoms with Crippen molar-refractivity contribution in [3.8, 4) is 0 Å². The van der Waals surface area contributed by atoms with Crippen molar-refractivity contribution in [3.63, 3.8) is 0 Å². The van der Waals surface area contributed by atoms with Gasteiger partial charge in [0.1, 0.15) is 0 Å². The van der Waals surface area contributed by atoms with Crippen molar-refractivity contribution in [2.24, 2.45) is 0 Å². The summed E-state index contributed by atoms with van der Waals surface area (Å²) in [4.78, 5) is 4.46. The Morgan fingerprint density at radius 1 is 1.47 bits per heavy atom. The van der Waals surface area contributed by atoms with Crippen LogP contribution in [0.15, 0.2) is 23.1 Å². The molecule has 0 unspecified atom stereocenters. The van der Waals surface area contributed by atoms with E-state index in [1.54, 1.807) is 12.1 Å². The number of rotatable bonds is 2. The molecule has 1 heterocycles. The van der Waals surface area contributed by atoms with Gasteiger partial charge in [-0.05, 0) is 24.6 Å². The van der Waals surface area contributed by atoms with Crippen LogP contribution in [0, 0.1) is 0 Å². The minimum absolute atomic E-state index is 0.128. The van der Waals surface area contributed by atoms with Crippen LogP contribution in [0.25, 0.3) is 10.2 Å². The third-order valence-corrected chi connectivity index (χ3v) is 4.50. The summed E-state index contributed by atoms with van der Waals surface area (Å²) in [5.74, 6) is 0. The van der Waals surface area contributed by atoms with Crippen molar-refractivity contribution in [1.82, 2.24) is 4.98 Å². The van der Waals surface area contributed by atoms with E-state index in [9.17, 15) is 8.42 Å². The second-order valence-electron chi connectivity index (χ2n) is 3.03. The molecule has 0 saturated carbocycles. The van der Waals surface area contributed by atoms with Gasteiger partial charge in [-0.3, -0.25) is 0 Å². The zero-order valence-corrected chi connectivity index (χ0v) is 10.3. The predicted octanol–water partition coefficient (Wildman–Crippen LogP) is 2.79. The molecule has 0 atom stereocenters. The van der Waals surface area contributed by atoms with E-state index in [0.717, 1.165) is 21.6 Å². The summed E-state index contributed by atoms with van der Waals surface area (Å²) in [7, 11) is 1.62. The number of benzene rings is 1. The molecule has 0 spiro atoms. The van der Waals surface area contributed by atoms with Gasteiger partial charge in [-0.1, -0.05) is 6.92 Å². The summed E-state index contributed by atoms with van der Waals surface area (Å²) in [5.41, 5.74) is 0.820. The maximum Gasteiger partial charge on any atom is 0.261 e. The monoisotopic (exact) mass is 261 g/mol. The van der Waals surface area contributed by atoms with Crippen LogP contribution in [-0.4, -0.2) is 13.4 Å². The normalized spacial score (nSPS) is 12.1. The Labute approximate surface area is 96.1 Å². The standard InChI is InChI=1S/C9H8ClNO2S2/c1-2-9-11-7-4-3-6(15(10,12)13)5-8(7)14-9/h3-5H,2H2,1H3. The van der Waals surface area contributed by atoms with Crippen molar-refractivity contribution in [2.45, 2.75) is 18.2 Å². The highest BCUT2D eigenvalue weighted by Gasteiger charge is 2.11. The number of hydrogen-bond acceptors (Lipinski definition) is 4. The zero-order chi connectivity index (χ0) is 11.1. The highest BCUT2D eigenvalue weighted by Crippen LogP contribution is 2.26. The molecule has 1 aromatic heterocycles. The fourth-order valence-electron chi connectivity index (χ4n) is 1.26. The third-order valence-electron chi connectivity index (χ3n) is 1.99. The number of halogens is 1. The first-order valence-corrected chi connectivity index (χ1v) is 7.47. The van der Waals surface area contributed by atoms with E-state index in [1.807, 2.05) is 6.92 Å². The average molecular weight is 262 g/mol. The Morgan fingerprint density at radius 2 is 2.20 bits per heavy atom. The predicted molar refractivity (Wildman–Crippen MR) is 62.0 cm³/mol. The van der Waals surface area contributed by atoms with Gasteiger partial charge in [0, 0.05) is 10.7 Å². The summed E-state index contributed by atoms with van der Waals surface area (Å²) in [6, 6.07) is 4.72. The van der Waals surface area contributed by atoms with Crippen molar-refractivity contribution >= 4 is 41.3 Å². The van der Waals surface area contributed by atoms with Gasteiger partial charge in [0.2, 0.25) is 0 Å². The summed E-state index contributed by atoms with van der Waals surface area (Å²) >= 11 is 1.49. The number of nitrogens with zero attached hydrogens (tertiary/aromatic N) is 1. The summed E-state index contributed by atoms with van der Waals surface area (Å²) in [6.45, 7) is 2.01. The molecule has 0 aliphatic heterocycles. The Morgan fingerprint density at radius 3 is 2.80 bits per heavy atom. The highest BCUT2D eigenvalue weighted by molar-refractivity contribution is 8.13. The van der Waals surface area contributed by atoms with Crippen molar-refractivity contribution in [3.05, 3.63) is 23.2 Å². The minimum Gasteiger partial charge on any atom is -0.241 e. The molecule has 0 N–H and O–H groups in total. The van der Waals surface area contributed by atoms with Crippen molar-refractivity contribution in [2.75, 3.05) is 0 Å². The van der Waals surface area contributed by atoms with Crippen LogP contribution in [0.1, 0.15) is 11.9 Å². The molecule has 80 valence electrons. The Kier molecular flexibility index (Phi) is 2.70. The lowest BCUT2D eigenvalue weighted by Crippen LogP contribution is -1.88. The fraction of sp³-hybridized carbons (Fsp3) is 0.222. The van der Waals surface area contributed by atoms with Crippen molar-refractivity contribution < 1.29 is 8.42 Å². The SMILES string of the molecule is CCc1nc2ccc(S(=O)(=O)Cl)cc2s1. The molecule has 0 bridgehead atoms. The minimum atomic E-state index is -3.64. The smallest absolute Gasteiger partial charge is 0.241 e.